The van der Waals surface area contributed by atoms with Crippen LogP contribution in [0.1, 0.15) is 89.0 Å². The number of H-pyrrole nitrogens is 1. The second-order valence-electron chi connectivity index (χ2n) is 17.9. The van der Waals surface area contributed by atoms with Gasteiger partial charge in [-0.3, -0.25) is 24.3 Å². The molecule has 2 fully saturated rings. The quantitative estimate of drug-likeness (QED) is 0.0763. The molecule has 0 aliphatic carbocycles. The van der Waals surface area contributed by atoms with Crippen LogP contribution in [0.25, 0.3) is 21.8 Å². The number of imidazole rings is 1. The molecule has 2 aliphatic heterocycles. The number of benzene rings is 2. The zero-order valence-electron chi connectivity index (χ0n) is 38.0. The number of likely N-dealkylation sites (tertiary alicyclic amines) is 1. The Kier molecular flexibility index (Phi) is 13.9. The van der Waals surface area contributed by atoms with Gasteiger partial charge in [-0.05, 0) is 100 Å². The molecular weight excluding hydrogens is 891 g/mol. The molecule has 5 aromatic rings. The summed E-state index contributed by atoms with van der Waals surface area (Å²) in [4.78, 5) is 62.7. The van der Waals surface area contributed by atoms with Gasteiger partial charge in [-0.2, -0.15) is 18.4 Å². The van der Waals surface area contributed by atoms with Crippen LogP contribution in [0.4, 0.5) is 28.9 Å². The molecule has 2 N–H and O–H groups in total. The molecule has 19 heteroatoms. The molecule has 67 heavy (non-hydrogen) atoms. The molecular formula is C48H51F4N9O5S. The fourth-order valence-corrected chi connectivity index (χ4v) is 9.08. The van der Waals surface area contributed by atoms with Crippen molar-refractivity contribution in [2.24, 2.45) is 5.41 Å². The summed E-state index contributed by atoms with van der Waals surface area (Å²) >= 11 is 1.52. The van der Waals surface area contributed by atoms with Gasteiger partial charge in [-0.15, -0.1) is 11.3 Å². The maximum atomic E-state index is 15.4. The molecule has 3 aromatic heterocycles. The van der Waals surface area contributed by atoms with Crippen molar-refractivity contribution >= 4 is 40.4 Å². The Morgan fingerprint density at radius 1 is 1.06 bits per heavy atom. The Balaban J connectivity index is 0.864. The summed E-state index contributed by atoms with van der Waals surface area (Å²) in [5, 5.41) is 12.1. The zero-order valence-corrected chi connectivity index (χ0v) is 38.8. The number of hydrogen-bond acceptors (Lipinski definition) is 11. The first-order valence-electron chi connectivity index (χ1n) is 21.7. The van der Waals surface area contributed by atoms with E-state index in [1.54, 1.807) is 29.8 Å². The fraction of sp³-hybridized carbons (Fsp3) is 0.396. The lowest BCUT2D eigenvalue weighted by Crippen LogP contribution is -2.55. The van der Waals surface area contributed by atoms with Crippen LogP contribution in [-0.4, -0.2) is 80.5 Å². The summed E-state index contributed by atoms with van der Waals surface area (Å²) in [6.45, 7) is 15.8. The molecule has 0 saturated carbocycles. The number of nitrogens with zero attached hydrogens (tertiary/aromatic N) is 7. The van der Waals surface area contributed by atoms with Gasteiger partial charge in [-0.25, -0.2) is 14.4 Å². The minimum atomic E-state index is -5.18. The lowest BCUT2D eigenvalue weighted by Gasteiger charge is -2.35. The average molecular weight is 942 g/mol. The number of carbonyl (C=O) groups excluding carboxylic acids is 3. The standard InChI is InChI=1S/C48H51F4N9O5S/c1-28-41(67-27-56-28)35-25-55-43(57-35)37-11-10-20-59(37)44(63)42(46(3,4)5)58-38(62)26-65-21-8-9-22-66-33-16-12-30(13-17-33)34-18-15-32(24-54-34)61-29(2)60(45(64)47(61,6)7)36-19-14-31(23-53)39(40(36)49)48(50,51)52/h12-19,24-25,27,37,42H,2,8-11,20-22,26H2,1,3-7H3,(H,55,57)(H,58,62)/t37-,42-/m1/s1. The lowest BCUT2D eigenvalue weighted by molar-refractivity contribution is -0.141. The summed E-state index contributed by atoms with van der Waals surface area (Å²) in [5.41, 5.74) is -0.0615. The number of aryl methyl sites for hydroxylation is 1. The molecule has 14 nitrogen and oxygen atoms in total. The molecule has 0 spiro atoms. The van der Waals surface area contributed by atoms with Crippen LogP contribution in [0.2, 0.25) is 0 Å². The predicted molar refractivity (Wildman–Crippen MR) is 244 cm³/mol. The highest BCUT2D eigenvalue weighted by atomic mass is 32.1. The first kappa shape index (κ1) is 48.3. The number of halogens is 4. The summed E-state index contributed by atoms with van der Waals surface area (Å²) in [7, 11) is 0. The van der Waals surface area contributed by atoms with E-state index in [4.69, 9.17) is 14.5 Å². The van der Waals surface area contributed by atoms with E-state index < -0.39 is 51.7 Å². The number of amides is 3. The Labute approximate surface area is 389 Å². The highest BCUT2D eigenvalue weighted by molar-refractivity contribution is 7.13. The van der Waals surface area contributed by atoms with Gasteiger partial charge >= 0.3 is 6.18 Å². The largest absolute Gasteiger partial charge is 0.494 e. The van der Waals surface area contributed by atoms with Crippen LogP contribution >= 0.6 is 11.3 Å². The number of ether oxygens (including phenoxy) is 2. The third-order valence-electron chi connectivity index (χ3n) is 11.8. The van der Waals surface area contributed by atoms with Crippen molar-refractivity contribution in [3.05, 3.63) is 107 Å². The van der Waals surface area contributed by atoms with Gasteiger partial charge in [0.2, 0.25) is 11.8 Å². The van der Waals surface area contributed by atoms with E-state index in [0.29, 0.717) is 55.6 Å². The maximum absolute atomic E-state index is 15.4. The molecule has 2 saturated heterocycles. The minimum Gasteiger partial charge on any atom is -0.494 e. The van der Waals surface area contributed by atoms with E-state index in [9.17, 15) is 32.8 Å². The summed E-state index contributed by atoms with van der Waals surface area (Å²) in [6, 6.07) is 12.8. The topological polar surface area (TPSA) is 170 Å². The van der Waals surface area contributed by atoms with E-state index in [1.165, 1.54) is 42.4 Å². The normalized spacial score (nSPS) is 16.7. The van der Waals surface area contributed by atoms with E-state index >= 15 is 4.39 Å². The maximum Gasteiger partial charge on any atom is 0.420 e. The van der Waals surface area contributed by atoms with Crippen LogP contribution in [0.3, 0.4) is 0 Å². The average Bonchev–Trinajstić information content (AvgIpc) is 4.09. The molecule has 7 rings (SSSR count). The number of aromatic amines is 1. The van der Waals surface area contributed by atoms with Gasteiger partial charge in [0.25, 0.3) is 5.91 Å². The molecule has 2 aromatic carbocycles. The number of aromatic nitrogens is 4. The van der Waals surface area contributed by atoms with Crippen molar-refractivity contribution in [1.29, 1.82) is 5.26 Å². The Bertz CT molecular complexity index is 2690. The van der Waals surface area contributed by atoms with Crippen LogP contribution in [-0.2, 0) is 25.3 Å². The number of nitrogens with one attached hydrogen (secondary N) is 2. The number of carbonyl (C=O) groups is 3. The van der Waals surface area contributed by atoms with Crippen molar-refractivity contribution < 1.29 is 41.4 Å². The monoisotopic (exact) mass is 941 g/mol. The smallest absolute Gasteiger partial charge is 0.420 e. The minimum absolute atomic E-state index is 0.0895. The van der Waals surface area contributed by atoms with Gasteiger partial charge in [0.15, 0.2) is 5.82 Å². The molecule has 2 aliphatic rings. The summed E-state index contributed by atoms with van der Waals surface area (Å²) in [6.07, 6.45) is 1.03. The molecule has 0 unspecified atom stereocenters. The Morgan fingerprint density at radius 3 is 2.43 bits per heavy atom. The Morgan fingerprint density at radius 2 is 1.79 bits per heavy atom. The molecule has 352 valence electrons. The van der Waals surface area contributed by atoms with E-state index in [-0.39, 0.29) is 30.3 Å². The highest BCUT2D eigenvalue weighted by Crippen LogP contribution is 2.44. The van der Waals surface area contributed by atoms with Gasteiger partial charge in [0, 0.05) is 24.9 Å². The van der Waals surface area contributed by atoms with Gasteiger partial charge in [0.05, 0.1) is 63.6 Å². The number of rotatable bonds is 15. The van der Waals surface area contributed by atoms with Crippen molar-refractivity contribution in [2.75, 3.05) is 36.2 Å². The second kappa shape index (κ2) is 19.3. The molecule has 2 atom stereocenters. The zero-order chi connectivity index (χ0) is 48.4. The van der Waals surface area contributed by atoms with Crippen LogP contribution < -0.4 is 19.9 Å². The van der Waals surface area contributed by atoms with Gasteiger partial charge in [-0.1, -0.05) is 27.4 Å². The number of pyridine rings is 1. The number of hydrogen-bond donors (Lipinski definition) is 2. The summed E-state index contributed by atoms with van der Waals surface area (Å²) < 4.78 is 68.3. The second-order valence-corrected chi connectivity index (χ2v) is 18.8. The van der Waals surface area contributed by atoms with E-state index in [2.05, 4.69) is 26.8 Å². The third kappa shape index (κ3) is 10.1. The predicted octanol–water partition coefficient (Wildman–Crippen LogP) is 9.11. The molecule has 0 bridgehead atoms. The fourth-order valence-electron chi connectivity index (χ4n) is 8.31. The van der Waals surface area contributed by atoms with Gasteiger partial charge < -0.3 is 29.6 Å². The lowest BCUT2D eigenvalue weighted by atomic mass is 9.85. The van der Waals surface area contributed by atoms with Crippen molar-refractivity contribution in [3.8, 4) is 33.6 Å². The summed E-state index contributed by atoms with van der Waals surface area (Å²) in [5.74, 6) is -1.76. The van der Waals surface area contributed by atoms with Crippen LogP contribution in [0.15, 0.2) is 78.8 Å². The number of alkyl halides is 3. The molecule has 0 radical (unpaired) electrons. The number of thiazole rings is 1. The highest BCUT2D eigenvalue weighted by Gasteiger charge is 2.51. The van der Waals surface area contributed by atoms with E-state index in [0.717, 1.165) is 51.7 Å². The van der Waals surface area contributed by atoms with Crippen LogP contribution in [0.5, 0.6) is 5.75 Å². The van der Waals surface area contributed by atoms with Gasteiger partial charge in [0.1, 0.15) is 46.8 Å². The SMILES string of the molecule is C=C1N(c2ccc(C#N)c(C(F)(F)F)c2F)C(=O)C(C)(C)N1c1ccc(-c2ccc(OCCCCOCC(=O)N[C@H](C(=O)N3CCC[C@@H]3c3nc(-c4scnc4C)c[nH]3)C(C)(C)C)cc2)nc1. The van der Waals surface area contributed by atoms with Crippen molar-refractivity contribution in [2.45, 2.75) is 91.0 Å². The third-order valence-corrected chi connectivity index (χ3v) is 12.7. The number of unbranched alkanes of at least 4 members (excludes halogenated alkanes) is 1. The first-order valence-corrected chi connectivity index (χ1v) is 22.6. The van der Waals surface area contributed by atoms with Crippen LogP contribution in [0, 0.1) is 29.5 Å². The number of nitriles is 1. The first-order chi connectivity index (χ1) is 31.7. The van der Waals surface area contributed by atoms with Crippen molar-refractivity contribution in [3.63, 3.8) is 0 Å². The molecule has 5 heterocycles. The van der Waals surface area contributed by atoms with E-state index in [1.807, 2.05) is 50.9 Å². The Hall–Kier alpha value is -6.65. The molecule has 3 amide bonds. The van der Waals surface area contributed by atoms with Crippen molar-refractivity contribution in [1.82, 2.24) is 30.2 Å². The number of anilines is 2.